The average molecular weight is 243 g/mol. The summed E-state index contributed by atoms with van der Waals surface area (Å²) in [5.74, 6) is 0.308. The molecule has 0 unspecified atom stereocenters. The number of benzene rings is 1. The molecule has 2 aromatic rings. The van der Waals surface area contributed by atoms with Crippen molar-refractivity contribution in [1.82, 2.24) is 15.3 Å². The first-order chi connectivity index (χ1) is 8.81. The van der Waals surface area contributed by atoms with Crippen LogP contribution in [0.4, 0.5) is 4.39 Å². The van der Waals surface area contributed by atoms with Gasteiger partial charge >= 0.3 is 0 Å². The molecule has 1 aliphatic rings. The number of hydrogen-bond donors (Lipinski definition) is 1. The second-order valence-corrected chi connectivity index (χ2v) is 4.54. The van der Waals surface area contributed by atoms with Crippen molar-refractivity contribution >= 4 is 0 Å². The van der Waals surface area contributed by atoms with Crippen molar-refractivity contribution in [3.8, 4) is 11.4 Å². The maximum absolute atomic E-state index is 13.1. The first-order valence-corrected chi connectivity index (χ1v) is 6.12. The van der Waals surface area contributed by atoms with Crippen LogP contribution in [0, 0.1) is 5.82 Å². The van der Waals surface area contributed by atoms with E-state index in [-0.39, 0.29) is 5.82 Å². The van der Waals surface area contributed by atoms with Gasteiger partial charge < -0.3 is 5.32 Å². The van der Waals surface area contributed by atoms with Gasteiger partial charge in [0.05, 0.1) is 5.69 Å². The second-order valence-electron chi connectivity index (χ2n) is 4.54. The number of rotatable bonds is 4. The zero-order valence-corrected chi connectivity index (χ0v) is 9.94. The Morgan fingerprint density at radius 3 is 2.94 bits per heavy atom. The number of halogens is 1. The van der Waals surface area contributed by atoms with Gasteiger partial charge in [-0.25, -0.2) is 14.4 Å². The Morgan fingerprint density at radius 1 is 1.28 bits per heavy atom. The van der Waals surface area contributed by atoms with Crippen LogP contribution in [-0.4, -0.2) is 16.0 Å². The standard InChI is InChI=1S/C14H14FN3/c15-11-3-1-2-10(8-11)14-16-7-6-13(18-14)9-17-12-4-5-12/h1-3,6-8,12,17H,4-5,9H2. The van der Waals surface area contributed by atoms with Gasteiger partial charge in [-0.15, -0.1) is 0 Å². The molecule has 0 amide bonds. The van der Waals surface area contributed by atoms with E-state index in [4.69, 9.17) is 0 Å². The third kappa shape index (κ3) is 2.71. The first kappa shape index (κ1) is 11.3. The fourth-order valence-corrected chi connectivity index (χ4v) is 1.80. The summed E-state index contributed by atoms with van der Waals surface area (Å²) in [5.41, 5.74) is 1.65. The van der Waals surface area contributed by atoms with Crippen molar-refractivity contribution in [1.29, 1.82) is 0 Å². The largest absolute Gasteiger partial charge is 0.308 e. The highest BCUT2D eigenvalue weighted by molar-refractivity contribution is 5.54. The fraction of sp³-hybridized carbons (Fsp3) is 0.286. The topological polar surface area (TPSA) is 37.8 Å². The van der Waals surface area contributed by atoms with Crippen molar-refractivity contribution in [2.75, 3.05) is 0 Å². The molecule has 3 nitrogen and oxygen atoms in total. The molecule has 0 spiro atoms. The highest BCUT2D eigenvalue weighted by Crippen LogP contribution is 2.19. The Bertz CT molecular complexity index is 552. The minimum absolute atomic E-state index is 0.266. The molecule has 0 aliphatic heterocycles. The van der Waals surface area contributed by atoms with Crippen LogP contribution in [0.5, 0.6) is 0 Å². The van der Waals surface area contributed by atoms with E-state index in [1.54, 1.807) is 12.3 Å². The van der Waals surface area contributed by atoms with Gasteiger partial charge in [0.2, 0.25) is 0 Å². The van der Waals surface area contributed by atoms with Crippen LogP contribution in [0.2, 0.25) is 0 Å². The summed E-state index contributed by atoms with van der Waals surface area (Å²) >= 11 is 0. The van der Waals surface area contributed by atoms with Crippen LogP contribution in [0.1, 0.15) is 18.5 Å². The Hall–Kier alpha value is -1.81. The molecular weight excluding hydrogens is 229 g/mol. The van der Waals surface area contributed by atoms with E-state index < -0.39 is 0 Å². The highest BCUT2D eigenvalue weighted by Gasteiger charge is 2.20. The fourth-order valence-electron chi connectivity index (χ4n) is 1.80. The summed E-state index contributed by atoms with van der Waals surface area (Å²) in [6.07, 6.45) is 4.22. The molecule has 1 saturated carbocycles. The summed E-state index contributed by atoms with van der Waals surface area (Å²) in [5, 5.41) is 3.40. The van der Waals surface area contributed by atoms with Crippen LogP contribution < -0.4 is 5.32 Å². The number of nitrogens with one attached hydrogen (secondary N) is 1. The van der Waals surface area contributed by atoms with Gasteiger partial charge in [0, 0.05) is 24.3 Å². The van der Waals surface area contributed by atoms with E-state index in [9.17, 15) is 4.39 Å². The second kappa shape index (κ2) is 4.82. The molecule has 0 radical (unpaired) electrons. The summed E-state index contributed by atoms with van der Waals surface area (Å²) in [4.78, 5) is 8.63. The normalized spacial score (nSPS) is 14.7. The van der Waals surface area contributed by atoms with Crippen LogP contribution in [-0.2, 0) is 6.54 Å². The number of aromatic nitrogens is 2. The van der Waals surface area contributed by atoms with Crippen molar-refractivity contribution in [2.24, 2.45) is 0 Å². The average Bonchev–Trinajstić information content (AvgIpc) is 3.21. The molecular formula is C14H14FN3. The molecule has 92 valence electrons. The van der Waals surface area contributed by atoms with Crippen LogP contribution in [0.25, 0.3) is 11.4 Å². The van der Waals surface area contributed by atoms with E-state index in [1.807, 2.05) is 12.1 Å². The van der Waals surface area contributed by atoms with Crippen molar-refractivity contribution in [3.63, 3.8) is 0 Å². The highest BCUT2D eigenvalue weighted by atomic mass is 19.1. The van der Waals surface area contributed by atoms with Crippen molar-refractivity contribution < 1.29 is 4.39 Å². The zero-order chi connectivity index (χ0) is 12.4. The first-order valence-electron chi connectivity index (χ1n) is 6.12. The molecule has 4 heteroatoms. The smallest absolute Gasteiger partial charge is 0.159 e. The van der Waals surface area contributed by atoms with Crippen molar-refractivity contribution in [2.45, 2.75) is 25.4 Å². The molecule has 1 heterocycles. The Balaban J connectivity index is 1.80. The number of nitrogens with zero attached hydrogens (tertiary/aromatic N) is 2. The minimum Gasteiger partial charge on any atom is -0.308 e. The minimum atomic E-state index is -0.266. The maximum Gasteiger partial charge on any atom is 0.159 e. The Labute approximate surface area is 105 Å². The summed E-state index contributed by atoms with van der Waals surface area (Å²) in [6, 6.07) is 8.89. The van der Waals surface area contributed by atoms with Gasteiger partial charge in [-0.05, 0) is 31.0 Å². The van der Waals surface area contributed by atoms with Gasteiger partial charge in [0.1, 0.15) is 5.82 Å². The Kier molecular flexibility index (Phi) is 3.02. The summed E-state index contributed by atoms with van der Waals surface area (Å²) < 4.78 is 13.1. The third-order valence-corrected chi connectivity index (χ3v) is 2.95. The summed E-state index contributed by atoms with van der Waals surface area (Å²) in [7, 11) is 0. The molecule has 18 heavy (non-hydrogen) atoms. The molecule has 1 N–H and O–H groups in total. The van der Waals surface area contributed by atoms with E-state index in [0.29, 0.717) is 17.4 Å². The van der Waals surface area contributed by atoms with Crippen molar-refractivity contribution in [3.05, 3.63) is 48.0 Å². The molecule has 1 fully saturated rings. The van der Waals surface area contributed by atoms with Crippen LogP contribution in [0.15, 0.2) is 36.5 Å². The predicted octanol–water partition coefficient (Wildman–Crippen LogP) is 2.53. The van der Waals surface area contributed by atoms with Gasteiger partial charge in [0.25, 0.3) is 0 Å². The lowest BCUT2D eigenvalue weighted by Gasteiger charge is -2.05. The molecule has 1 aromatic heterocycles. The molecule has 1 aromatic carbocycles. The van der Waals surface area contributed by atoms with Gasteiger partial charge in [-0.3, -0.25) is 0 Å². The Morgan fingerprint density at radius 2 is 2.17 bits per heavy atom. The lowest BCUT2D eigenvalue weighted by molar-refractivity contribution is 0.628. The van der Waals surface area contributed by atoms with Crippen LogP contribution >= 0.6 is 0 Å². The lowest BCUT2D eigenvalue weighted by Crippen LogP contribution is -2.16. The summed E-state index contributed by atoms with van der Waals surface area (Å²) in [6.45, 7) is 0.746. The van der Waals surface area contributed by atoms with Crippen LogP contribution in [0.3, 0.4) is 0 Å². The van der Waals surface area contributed by atoms with Gasteiger partial charge in [-0.1, -0.05) is 12.1 Å². The van der Waals surface area contributed by atoms with E-state index >= 15 is 0 Å². The van der Waals surface area contributed by atoms with E-state index in [2.05, 4.69) is 15.3 Å². The van der Waals surface area contributed by atoms with E-state index in [1.165, 1.54) is 25.0 Å². The lowest BCUT2D eigenvalue weighted by atomic mass is 10.2. The SMILES string of the molecule is Fc1cccc(-c2nccc(CNC3CC3)n2)c1. The monoisotopic (exact) mass is 243 g/mol. The predicted molar refractivity (Wildman–Crippen MR) is 67.3 cm³/mol. The quantitative estimate of drug-likeness (QED) is 0.896. The number of hydrogen-bond acceptors (Lipinski definition) is 3. The molecule has 0 saturated heterocycles. The zero-order valence-electron chi connectivity index (χ0n) is 9.94. The molecule has 3 rings (SSSR count). The van der Waals surface area contributed by atoms with E-state index in [0.717, 1.165) is 12.2 Å². The van der Waals surface area contributed by atoms with Gasteiger partial charge in [-0.2, -0.15) is 0 Å². The maximum atomic E-state index is 13.1. The molecule has 0 bridgehead atoms. The molecule has 0 atom stereocenters. The molecule has 1 aliphatic carbocycles. The third-order valence-electron chi connectivity index (χ3n) is 2.95. The van der Waals surface area contributed by atoms with Gasteiger partial charge in [0.15, 0.2) is 5.82 Å².